The summed E-state index contributed by atoms with van der Waals surface area (Å²) in [4.78, 5) is 28.9. The molecule has 0 spiro atoms. The fourth-order valence-electron chi connectivity index (χ4n) is 3.70. The monoisotopic (exact) mass is 346 g/mol. The molecule has 0 N–H and O–H groups in total. The second kappa shape index (κ2) is 7.44. The summed E-state index contributed by atoms with van der Waals surface area (Å²) < 4.78 is 11.1. The van der Waals surface area contributed by atoms with Crippen LogP contribution in [0, 0.1) is 5.92 Å². The molecule has 0 bridgehead atoms. The Hall–Kier alpha value is -2.08. The van der Waals surface area contributed by atoms with Crippen LogP contribution in [0.4, 0.5) is 0 Å². The van der Waals surface area contributed by atoms with Crippen LogP contribution in [-0.4, -0.2) is 67.1 Å². The fourth-order valence-corrected chi connectivity index (χ4v) is 3.70. The van der Waals surface area contributed by atoms with Gasteiger partial charge in [-0.05, 0) is 32.4 Å². The van der Waals surface area contributed by atoms with Crippen molar-refractivity contribution in [3.8, 4) is 5.75 Å². The van der Waals surface area contributed by atoms with Gasteiger partial charge < -0.3 is 19.3 Å². The van der Waals surface area contributed by atoms with Crippen LogP contribution < -0.4 is 4.74 Å². The molecule has 2 atom stereocenters. The number of hydrogen-bond donors (Lipinski definition) is 0. The summed E-state index contributed by atoms with van der Waals surface area (Å²) in [6.45, 7) is 6.03. The summed E-state index contributed by atoms with van der Waals surface area (Å²) in [5, 5.41) is 0. The lowest BCUT2D eigenvalue weighted by atomic mass is 9.93. The third-order valence-corrected chi connectivity index (χ3v) is 5.08. The van der Waals surface area contributed by atoms with Gasteiger partial charge in [-0.3, -0.25) is 9.59 Å². The van der Waals surface area contributed by atoms with Gasteiger partial charge in [0.15, 0.2) is 0 Å². The number of carbonyl (C=O) groups is 2. The number of rotatable bonds is 3. The summed E-state index contributed by atoms with van der Waals surface area (Å²) in [5.41, 5.74) is 0.579. The number of amides is 2. The van der Waals surface area contributed by atoms with Crippen molar-refractivity contribution >= 4 is 11.8 Å². The molecule has 6 heteroatoms. The minimum Gasteiger partial charge on any atom is -0.496 e. The first-order valence-corrected chi connectivity index (χ1v) is 8.84. The van der Waals surface area contributed by atoms with Gasteiger partial charge in [-0.2, -0.15) is 0 Å². The van der Waals surface area contributed by atoms with Gasteiger partial charge in [0.25, 0.3) is 5.91 Å². The Bertz CT molecular complexity index is 646. The van der Waals surface area contributed by atoms with Gasteiger partial charge in [-0.15, -0.1) is 0 Å². The van der Waals surface area contributed by atoms with Crippen molar-refractivity contribution in [1.29, 1.82) is 0 Å². The molecule has 25 heavy (non-hydrogen) atoms. The summed E-state index contributed by atoms with van der Waals surface area (Å²) in [7, 11) is 1.57. The normalized spacial score (nSPS) is 24.1. The first kappa shape index (κ1) is 17.7. The molecule has 2 fully saturated rings. The molecule has 3 rings (SSSR count). The first-order valence-electron chi connectivity index (χ1n) is 8.84. The fraction of sp³-hybridized carbons (Fsp3) is 0.579. The van der Waals surface area contributed by atoms with Crippen molar-refractivity contribution in [2.45, 2.75) is 32.4 Å². The largest absolute Gasteiger partial charge is 0.496 e. The van der Waals surface area contributed by atoms with Crippen LogP contribution in [0.5, 0.6) is 5.75 Å². The maximum atomic E-state index is 12.9. The number of fused-ring (bicyclic) bond motifs is 1. The van der Waals surface area contributed by atoms with Crippen LogP contribution in [0.1, 0.15) is 30.6 Å². The minimum atomic E-state index is -0.0254. The molecule has 2 aliphatic rings. The SMILES string of the molecule is COc1ccccc1C(=O)N1CC[C@@H]2OCC(=O)N(C(C)C)C[C@H]2C1. The smallest absolute Gasteiger partial charge is 0.257 e. The molecule has 6 nitrogen and oxygen atoms in total. The highest BCUT2D eigenvalue weighted by molar-refractivity contribution is 5.97. The van der Waals surface area contributed by atoms with Crippen LogP contribution in [-0.2, 0) is 9.53 Å². The standard InChI is InChI=1S/C19H26N2O4/c1-13(2)21-11-14-10-20(9-8-16(14)25-12-18(21)22)19(23)15-6-4-5-7-17(15)24-3/h4-7,13-14,16H,8-12H2,1-3H3/t14-,16+/m1/s1. The number of para-hydroxylation sites is 1. The van der Waals surface area contributed by atoms with Crippen molar-refractivity contribution in [2.24, 2.45) is 5.92 Å². The number of carbonyl (C=O) groups excluding carboxylic acids is 2. The lowest BCUT2D eigenvalue weighted by Gasteiger charge is -2.38. The number of ether oxygens (including phenoxy) is 2. The molecule has 2 aliphatic heterocycles. The molecule has 1 aromatic carbocycles. The maximum Gasteiger partial charge on any atom is 0.257 e. The summed E-state index contributed by atoms with van der Waals surface area (Å²) in [6, 6.07) is 7.42. The Labute approximate surface area is 148 Å². The van der Waals surface area contributed by atoms with E-state index in [-0.39, 0.29) is 36.5 Å². The molecule has 2 heterocycles. The van der Waals surface area contributed by atoms with Gasteiger partial charge in [-0.1, -0.05) is 12.1 Å². The van der Waals surface area contributed by atoms with Crippen LogP contribution in [0.2, 0.25) is 0 Å². The second-order valence-corrected chi connectivity index (χ2v) is 6.99. The van der Waals surface area contributed by atoms with Crippen LogP contribution in [0.25, 0.3) is 0 Å². The Morgan fingerprint density at radius 1 is 1.28 bits per heavy atom. The van der Waals surface area contributed by atoms with Crippen molar-refractivity contribution in [3.63, 3.8) is 0 Å². The molecule has 0 saturated carbocycles. The molecule has 0 aromatic heterocycles. The molecule has 2 saturated heterocycles. The van der Waals surface area contributed by atoms with E-state index in [0.717, 1.165) is 6.42 Å². The van der Waals surface area contributed by atoms with Gasteiger partial charge in [0.05, 0.1) is 18.8 Å². The second-order valence-electron chi connectivity index (χ2n) is 6.99. The minimum absolute atomic E-state index is 0.0254. The van der Waals surface area contributed by atoms with Crippen LogP contribution >= 0.6 is 0 Å². The van der Waals surface area contributed by atoms with Gasteiger partial charge in [0.1, 0.15) is 12.4 Å². The maximum absolute atomic E-state index is 12.9. The number of likely N-dealkylation sites (tertiary alicyclic amines) is 1. The van der Waals surface area contributed by atoms with Gasteiger partial charge >= 0.3 is 0 Å². The highest BCUT2D eigenvalue weighted by Gasteiger charge is 2.38. The van der Waals surface area contributed by atoms with Crippen molar-refractivity contribution in [1.82, 2.24) is 9.80 Å². The zero-order valence-electron chi connectivity index (χ0n) is 15.1. The molecule has 136 valence electrons. The molecule has 0 radical (unpaired) electrons. The van der Waals surface area contributed by atoms with Gasteiger partial charge in [0.2, 0.25) is 5.91 Å². The number of hydrogen-bond acceptors (Lipinski definition) is 4. The summed E-state index contributed by atoms with van der Waals surface area (Å²) in [5.74, 6) is 0.738. The summed E-state index contributed by atoms with van der Waals surface area (Å²) >= 11 is 0. The van der Waals surface area contributed by atoms with E-state index in [4.69, 9.17) is 9.47 Å². The van der Waals surface area contributed by atoms with Crippen molar-refractivity contribution < 1.29 is 19.1 Å². The van der Waals surface area contributed by atoms with E-state index >= 15 is 0 Å². The lowest BCUT2D eigenvalue weighted by molar-refractivity contribution is -0.136. The Morgan fingerprint density at radius 3 is 2.76 bits per heavy atom. The topological polar surface area (TPSA) is 59.1 Å². The molecule has 0 unspecified atom stereocenters. The zero-order valence-corrected chi connectivity index (χ0v) is 15.1. The zero-order chi connectivity index (χ0) is 18.0. The van der Waals surface area contributed by atoms with E-state index in [1.54, 1.807) is 19.2 Å². The van der Waals surface area contributed by atoms with E-state index in [1.165, 1.54) is 0 Å². The number of methoxy groups -OCH3 is 1. The third kappa shape index (κ3) is 3.63. The molecule has 1 aromatic rings. The molecule has 2 amide bonds. The first-order chi connectivity index (χ1) is 12.0. The Balaban J connectivity index is 1.76. The van der Waals surface area contributed by atoms with E-state index in [2.05, 4.69) is 0 Å². The van der Waals surface area contributed by atoms with Gasteiger partial charge in [0, 0.05) is 31.6 Å². The Morgan fingerprint density at radius 2 is 2.04 bits per heavy atom. The van der Waals surface area contributed by atoms with Crippen LogP contribution in [0.3, 0.4) is 0 Å². The average molecular weight is 346 g/mol. The number of piperidine rings is 1. The van der Waals surface area contributed by atoms with Crippen LogP contribution in [0.15, 0.2) is 24.3 Å². The quantitative estimate of drug-likeness (QED) is 0.837. The Kier molecular flexibility index (Phi) is 5.27. The third-order valence-electron chi connectivity index (χ3n) is 5.08. The number of benzene rings is 1. The molecular formula is C19H26N2O4. The highest BCUT2D eigenvalue weighted by atomic mass is 16.5. The summed E-state index contributed by atoms with van der Waals surface area (Å²) in [6.07, 6.45) is 0.791. The highest BCUT2D eigenvalue weighted by Crippen LogP contribution is 2.27. The van der Waals surface area contributed by atoms with E-state index < -0.39 is 0 Å². The molecule has 0 aliphatic carbocycles. The van der Waals surface area contributed by atoms with E-state index in [9.17, 15) is 9.59 Å². The predicted octanol–water partition coefficient (Wildman–Crippen LogP) is 1.79. The van der Waals surface area contributed by atoms with E-state index in [1.807, 2.05) is 35.8 Å². The van der Waals surface area contributed by atoms with Gasteiger partial charge in [-0.25, -0.2) is 0 Å². The average Bonchev–Trinajstić information content (AvgIpc) is 2.79. The van der Waals surface area contributed by atoms with E-state index in [0.29, 0.717) is 30.9 Å². The predicted molar refractivity (Wildman–Crippen MR) is 93.6 cm³/mol. The molecular weight excluding hydrogens is 320 g/mol. The lowest BCUT2D eigenvalue weighted by Crippen LogP contribution is -2.50. The van der Waals surface area contributed by atoms with Crippen molar-refractivity contribution in [3.05, 3.63) is 29.8 Å². The number of nitrogens with zero attached hydrogens (tertiary/aromatic N) is 2. The van der Waals surface area contributed by atoms with Crippen molar-refractivity contribution in [2.75, 3.05) is 33.4 Å².